The second kappa shape index (κ2) is 6.18. The Hall–Kier alpha value is -0.860. The predicted molar refractivity (Wildman–Crippen MR) is 71.0 cm³/mol. The van der Waals surface area contributed by atoms with Gasteiger partial charge in [0.25, 0.3) is 0 Å². The van der Waals surface area contributed by atoms with Crippen LogP contribution in [0.1, 0.15) is 49.3 Å². The minimum Gasteiger partial charge on any atom is -0.394 e. The maximum atomic E-state index is 9.52. The number of aliphatic hydroxyl groups excluding tert-OH is 1. The smallest absolute Gasteiger partial charge is 0.0626 e. The monoisotopic (exact) mass is 233 g/mol. The van der Waals surface area contributed by atoms with Crippen molar-refractivity contribution in [2.45, 2.75) is 51.1 Å². The fourth-order valence-corrected chi connectivity index (χ4v) is 2.61. The zero-order chi connectivity index (χ0) is 12.1. The molecule has 0 amide bonds. The summed E-state index contributed by atoms with van der Waals surface area (Å²) in [6.07, 6.45) is 6.52. The van der Waals surface area contributed by atoms with Crippen molar-refractivity contribution in [2.24, 2.45) is 0 Å². The molecular formula is C15H23NO. The number of benzene rings is 1. The minimum absolute atomic E-state index is 0.0960. The summed E-state index contributed by atoms with van der Waals surface area (Å²) in [5, 5.41) is 13.1. The van der Waals surface area contributed by atoms with E-state index in [1.54, 1.807) is 0 Å². The summed E-state index contributed by atoms with van der Waals surface area (Å²) in [6.45, 7) is 2.27. The third-order valence-corrected chi connectivity index (χ3v) is 3.70. The van der Waals surface area contributed by atoms with E-state index in [9.17, 15) is 5.11 Å². The summed E-state index contributed by atoms with van der Waals surface area (Å²) in [5.41, 5.74) is 2.46. The lowest BCUT2D eigenvalue weighted by molar-refractivity contribution is 0.220. The van der Waals surface area contributed by atoms with E-state index in [4.69, 9.17) is 0 Å². The SMILES string of the molecule is Cc1ccc(C(CO)NC2CCCCC2)cc1. The molecular weight excluding hydrogens is 210 g/mol. The highest BCUT2D eigenvalue weighted by Gasteiger charge is 2.18. The molecule has 0 aliphatic heterocycles. The average molecular weight is 233 g/mol. The van der Waals surface area contributed by atoms with E-state index < -0.39 is 0 Å². The Labute approximate surface area is 104 Å². The van der Waals surface area contributed by atoms with Crippen molar-refractivity contribution >= 4 is 0 Å². The molecule has 94 valence electrons. The largest absolute Gasteiger partial charge is 0.394 e. The molecule has 2 N–H and O–H groups in total. The van der Waals surface area contributed by atoms with Gasteiger partial charge in [-0.2, -0.15) is 0 Å². The molecule has 1 unspecified atom stereocenters. The molecule has 0 bridgehead atoms. The van der Waals surface area contributed by atoms with E-state index in [1.807, 2.05) is 0 Å². The Morgan fingerprint density at radius 1 is 1.18 bits per heavy atom. The average Bonchev–Trinajstić information content (AvgIpc) is 2.38. The second-order valence-electron chi connectivity index (χ2n) is 5.15. The molecule has 1 atom stereocenters. The lowest BCUT2D eigenvalue weighted by Crippen LogP contribution is -2.36. The summed E-state index contributed by atoms with van der Waals surface area (Å²) >= 11 is 0. The zero-order valence-electron chi connectivity index (χ0n) is 10.7. The lowest BCUT2D eigenvalue weighted by Gasteiger charge is -2.27. The van der Waals surface area contributed by atoms with Gasteiger partial charge in [-0.05, 0) is 25.3 Å². The molecule has 1 saturated carbocycles. The van der Waals surface area contributed by atoms with Gasteiger partial charge < -0.3 is 10.4 Å². The molecule has 1 aromatic rings. The third kappa shape index (κ3) is 3.55. The maximum Gasteiger partial charge on any atom is 0.0626 e. The molecule has 2 nitrogen and oxygen atoms in total. The van der Waals surface area contributed by atoms with Crippen LogP contribution in [-0.2, 0) is 0 Å². The van der Waals surface area contributed by atoms with E-state index >= 15 is 0 Å². The second-order valence-corrected chi connectivity index (χ2v) is 5.15. The number of aliphatic hydroxyl groups is 1. The van der Waals surface area contributed by atoms with Gasteiger partial charge in [0.05, 0.1) is 12.6 Å². The van der Waals surface area contributed by atoms with Crippen LogP contribution in [0.25, 0.3) is 0 Å². The Morgan fingerprint density at radius 3 is 2.41 bits per heavy atom. The van der Waals surface area contributed by atoms with Crippen LogP contribution in [0.15, 0.2) is 24.3 Å². The molecule has 17 heavy (non-hydrogen) atoms. The highest BCUT2D eigenvalue weighted by molar-refractivity contribution is 5.24. The maximum absolute atomic E-state index is 9.52. The highest BCUT2D eigenvalue weighted by Crippen LogP contribution is 2.21. The molecule has 0 heterocycles. The molecule has 0 radical (unpaired) electrons. The number of hydrogen-bond acceptors (Lipinski definition) is 2. The molecule has 2 rings (SSSR count). The molecule has 2 heteroatoms. The van der Waals surface area contributed by atoms with Gasteiger partial charge in [-0.15, -0.1) is 0 Å². The fourth-order valence-electron chi connectivity index (χ4n) is 2.61. The fraction of sp³-hybridized carbons (Fsp3) is 0.600. The van der Waals surface area contributed by atoms with Crippen LogP contribution in [0.4, 0.5) is 0 Å². The van der Waals surface area contributed by atoms with E-state index in [0.29, 0.717) is 6.04 Å². The van der Waals surface area contributed by atoms with Gasteiger partial charge in [0, 0.05) is 6.04 Å². The molecule has 1 fully saturated rings. The molecule has 1 aromatic carbocycles. The Kier molecular flexibility index (Phi) is 4.57. The van der Waals surface area contributed by atoms with Crippen molar-refractivity contribution < 1.29 is 5.11 Å². The van der Waals surface area contributed by atoms with Crippen LogP contribution in [0, 0.1) is 6.92 Å². The van der Waals surface area contributed by atoms with Gasteiger partial charge in [0.1, 0.15) is 0 Å². The lowest BCUT2D eigenvalue weighted by atomic mass is 9.94. The van der Waals surface area contributed by atoms with Crippen LogP contribution >= 0.6 is 0 Å². The van der Waals surface area contributed by atoms with Crippen molar-refractivity contribution in [1.82, 2.24) is 5.32 Å². The summed E-state index contributed by atoms with van der Waals surface area (Å²) < 4.78 is 0. The van der Waals surface area contributed by atoms with Gasteiger partial charge in [0.2, 0.25) is 0 Å². The Morgan fingerprint density at radius 2 is 1.82 bits per heavy atom. The minimum atomic E-state index is 0.0960. The van der Waals surface area contributed by atoms with Crippen LogP contribution in [0.2, 0.25) is 0 Å². The van der Waals surface area contributed by atoms with Crippen molar-refractivity contribution in [2.75, 3.05) is 6.61 Å². The van der Waals surface area contributed by atoms with Crippen molar-refractivity contribution in [1.29, 1.82) is 0 Å². The van der Waals surface area contributed by atoms with Crippen LogP contribution in [-0.4, -0.2) is 17.8 Å². The van der Waals surface area contributed by atoms with Gasteiger partial charge in [0.15, 0.2) is 0 Å². The third-order valence-electron chi connectivity index (χ3n) is 3.70. The van der Waals surface area contributed by atoms with Gasteiger partial charge >= 0.3 is 0 Å². The number of aryl methyl sites for hydroxylation is 1. The van der Waals surface area contributed by atoms with Crippen molar-refractivity contribution in [3.63, 3.8) is 0 Å². The molecule has 1 aliphatic carbocycles. The topological polar surface area (TPSA) is 32.3 Å². The van der Waals surface area contributed by atoms with E-state index in [2.05, 4.69) is 36.5 Å². The quantitative estimate of drug-likeness (QED) is 0.838. The Balaban J connectivity index is 1.97. The van der Waals surface area contributed by atoms with Gasteiger partial charge in [-0.25, -0.2) is 0 Å². The number of rotatable bonds is 4. The summed E-state index contributed by atoms with van der Waals surface area (Å²) in [5.74, 6) is 0. The van der Waals surface area contributed by atoms with E-state index in [1.165, 1.54) is 43.2 Å². The normalized spacial score (nSPS) is 19.2. The standard InChI is InChI=1S/C15H23NO/c1-12-7-9-13(10-8-12)15(11-17)16-14-5-3-2-4-6-14/h7-10,14-17H,2-6,11H2,1H3. The number of nitrogens with one attached hydrogen (secondary N) is 1. The van der Waals surface area contributed by atoms with Crippen LogP contribution in [0.5, 0.6) is 0 Å². The van der Waals surface area contributed by atoms with E-state index in [-0.39, 0.29) is 12.6 Å². The predicted octanol–water partition coefficient (Wildman–Crippen LogP) is 2.95. The van der Waals surface area contributed by atoms with Gasteiger partial charge in [-0.3, -0.25) is 0 Å². The summed E-state index contributed by atoms with van der Waals surface area (Å²) in [4.78, 5) is 0. The first-order valence-electron chi connectivity index (χ1n) is 6.73. The van der Waals surface area contributed by atoms with Gasteiger partial charge in [-0.1, -0.05) is 49.1 Å². The molecule has 0 aromatic heterocycles. The Bertz CT molecular complexity index is 327. The van der Waals surface area contributed by atoms with E-state index in [0.717, 1.165) is 0 Å². The number of hydrogen-bond donors (Lipinski definition) is 2. The summed E-state index contributed by atoms with van der Waals surface area (Å²) in [7, 11) is 0. The summed E-state index contributed by atoms with van der Waals surface area (Å²) in [6, 6.07) is 9.14. The first-order chi connectivity index (χ1) is 8.29. The van der Waals surface area contributed by atoms with Crippen molar-refractivity contribution in [3.05, 3.63) is 35.4 Å². The van der Waals surface area contributed by atoms with Crippen LogP contribution in [0.3, 0.4) is 0 Å². The van der Waals surface area contributed by atoms with Crippen molar-refractivity contribution in [3.8, 4) is 0 Å². The zero-order valence-corrected chi connectivity index (χ0v) is 10.7. The first-order valence-corrected chi connectivity index (χ1v) is 6.73. The highest BCUT2D eigenvalue weighted by atomic mass is 16.3. The van der Waals surface area contributed by atoms with Crippen LogP contribution < -0.4 is 5.32 Å². The first kappa shape index (κ1) is 12.6. The molecule has 1 aliphatic rings. The molecule has 0 saturated heterocycles. The molecule has 0 spiro atoms.